The Balaban J connectivity index is 1.66. The average molecular weight is 690 g/mol. The van der Waals surface area contributed by atoms with Crippen molar-refractivity contribution in [1.29, 1.82) is 0 Å². The van der Waals surface area contributed by atoms with E-state index in [-0.39, 0.29) is 43.8 Å². The molecule has 2 aliphatic rings. The van der Waals surface area contributed by atoms with Crippen molar-refractivity contribution in [2.45, 2.75) is 150 Å². The highest BCUT2D eigenvalue weighted by Crippen LogP contribution is 2.52. The maximum atomic E-state index is 12.9. The van der Waals surface area contributed by atoms with Gasteiger partial charge in [0.25, 0.3) is 0 Å². The normalized spacial score (nSPS) is 21.0. The molecule has 0 aromatic heterocycles. The van der Waals surface area contributed by atoms with Crippen LogP contribution in [0.4, 0.5) is 4.79 Å². The van der Waals surface area contributed by atoms with Crippen molar-refractivity contribution < 1.29 is 33.3 Å². The van der Waals surface area contributed by atoms with Crippen molar-refractivity contribution in [3.05, 3.63) is 24.3 Å². The number of hydrogen-bond acceptors (Lipinski definition) is 8. The number of allylic oxidation sites excluding steroid dienone is 4. The van der Waals surface area contributed by atoms with Crippen molar-refractivity contribution >= 4 is 18.1 Å². The van der Waals surface area contributed by atoms with Gasteiger partial charge in [0, 0.05) is 13.0 Å². The number of hydrogen-bond donors (Lipinski definition) is 0. The van der Waals surface area contributed by atoms with Gasteiger partial charge in [0.05, 0.1) is 18.9 Å². The zero-order chi connectivity index (χ0) is 35.6. The van der Waals surface area contributed by atoms with Crippen LogP contribution in [0.1, 0.15) is 150 Å². The Bertz CT molecular complexity index is 947. The summed E-state index contributed by atoms with van der Waals surface area (Å²) in [7, 11) is 0. The lowest BCUT2D eigenvalue weighted by molar-refractivity contribution is -0.152. The second-order valence-corrected chi connectivity index (χ2v) is 14.9. The summed E-state index contributed by atoms with van der Waals surface area (Å²) in [6.07, 6.45) is 28.2. The topological polar surface area (TPSA) is 91.4 Å². The van der Waals surface area contributed by atoms with E-state index in [0.29, 0.717) is 12.8 Å². The van der Waals surface area contributed by atoms with Gasteiger partial charge in [-0.3, -0.25) is 9.59 Å². The molecular weight excluding hydrogens is 618 g/mol. The standard InChI is InChI=1S/C41H71NO7/c1-5-8-9-10-11-12-13-14-15-16-17-18-19-20-21-23-38(43)47-32-37(34-49-40(45)46-27-22-26-42(6-2)7-3)33-48-39(44)31-41(4)29-35-24-25-36(28-35)30-41/h11-12,14-15,35-37H,5-10,13,16-34H2,1-4H3/b12-11-,15-14-/t35-,36+,37?,41?. The summed E-state index contributed by atoms with van der Waals surface area (Å²) in [5, 5.41) is 0. The Morgan fingerprint density at radius 3 is 1.96 bits per heavy atom. The molecule has 0 radical (unpaired) electrons. The van der Waals surface area contributed by atoms with E-state index in [1.807, 2.05) is 0 Å². The lowest BCUT2D eigenvalue weighted by Crippen LogP contribution is -2.31. The first kappa shape index (κ1) is 42.8. The minimum Gasteiger partial charge on any atom is -0.465 e. The Morgan fingerprint density at radius 1 is 0.714 bits per heavy atom. The minimum absolute atomic E-state index is 0.0178. The van der Waals surface area contributed by atoms with Crippen molar-refractivity contribution in [2.24, 2.45) is 23.2 Å². The first-order chi connectivity index (χ1) is 23.8. The van der Waals surface area contributed by atoms with Gasteiger partial charge in [0.15, 0.2) is 0 Å². The summed E-state index contributed by atoms with van der Waals surface area (Å²) in [6.45, 7) is 11.7. The number of carbonyl (C=O) groups excluding carboxylic acids is 3. The molecule has 2 fully saturated rings. The molecule has 0 N–H and O–H groups in total. The van der Waals surface area contributed by atoms with E-state index in [1.165, 1.54) is 51.4 Å². The molecule has 0 aliphatic heterocycles. The van der Waals surface area contributed by atoms with Gasteiger partial charge in [-0.1, -0.05) is 96.9 Å². The number of esters is 2. The van der Waals surface area contributed by atoms with Gasteiger partial charge in [-0.2, -0.15) is 0 Å². The Morgan fingerprint density at radius 2 is 1.31 bits per heavy atom. The number of ether oxygens (including phenoxy) is 4. The van der Waals surface area contributed by atoms with Crippen LogP contribution in [0.15, 0.2) is 24.3 Å². The third-order valence-electron chi connectivity index (χ3n) is 10.2. The third-order valence-corrected chi connectivity index (χ3v) is 10.2. The highest BCUT2D eigenvalue weighted by atomic mass is 16.7. The van der Waals surface area contributed by atoms with Crippen LogP contribution >= 0.6 is 0 Å². The Labute approximate surface area is 299 Å². The van der Waals surface area contributed by atoms with E-state index in [0.717, 1.165) is 89.3 Å². The highest BCUT2D eigenvalue weighted by Gasteiger charge is 2.42. The van der Waals surface area contributed by atoms with Crippen molar-refractivity contribution in [1.82, 2.24) is 4.90 Å². The fraction of sp³-hybridized carbons (Fsp3) is 0.829. The van der Waals surface area contributed by atoms with Crippen LogP contribution in [0.2, 0.25) is 0 Å². The molecule has 0 heterocycles. The summed E-state index contributed by atoms with van der Waals surface area (Å²) in [6, 6.07) is 0. The van der Waals surface area contributed by atoms with Crippen LogP contribution in [0.3, 0.4) is 0 Å². The molecular formula is C41H71NO7. The van der Waals surface area contributed by atoms with Crippen LogP contribution in [-0.2, 0) is 28.5 Å². The summed E-state index contributed by atoms with van der Waals surface area (Å²) in [5.74, 6) is 0.510. The minimum atomic E-state index is -0.752. The fourth-order valence-electron chi connectivity index (χ4n) is 7.50. The third kappa shape index (κ3) is 20.8. The number of fused-ring (bicyclic) bond motifs is 2. The van der Waals surface area contributed by atoms with Crippen molar-refractivity contribution in [3.63, 3.8) is 0 Å². The van der Waals surface area contributed by atoms with Crippen molar-refractivity contribution in [2.75, 3.05) is 46.1 Å². The zero-order valence-corrected chi connectivity index (χ0v) is 31.7. The van der Waals surface area contributed by atoms with Gasteiger partial charge in [-0.15, -0.1) is 0 Å². The number of nitrogens with zero attached hydrogens (tertiary/aromatic N) is 1. The molecule has 0 aromatic rings. The van der Waals surface area contributed by atoms with Gasteiger partial charge in [0.2, 0.25) is 0 Å². The number of rotatable bonds is 28. The predicted molar refractivity (Wildman–Crippen MR) is 197 cm³/mol. The lowest BCUT2D eigenvalue weighted by atomic mass is 9.68. The molecule has 2 saturated carbocycles. The maximum absolute atomic E-state index is 12.9. The monoisotopic (exact) mass is 690 g/mol. The van der Waals surface area contributed by atoms with Gasteiger partial charge >= 0.3 is 18.1 Å². The molecule has 4 atom stereocenters. The Hall–Kier alpha value is -2.35. The van der Waals surface area contributed by atoms with Gasteiger partial charge in [-0.25, -0.2) is 4.79 Å². The predicted octanol–water partition coefficient (Wildman–Crippen LogP) is 9.99. The van der Waals surface area contributed by atoms with Crippen LogP contribution in [0, 0.1) is 23.2 Å². The SMILES string of the molecule is CCCCC/C=C\C/C=C\CCCCCCCC(=O)OCC(COC(=O)CC1(C)C[C@@H]2CC[C@@H](C2)C1)COC(=O)OCCCN(CC)CC. The molecule has 282 valence electrons. The second-order valence-electron chi connectivity index (χ2n) is 14.9. The van der Waals surface area contributed by atoms with Crippen molar-refractivity contribution in [3.8, 4) is 0 Å². The molecule has 2 unspecified atom stereocenters. The first-order valence-corrected chi connectivity index (χ1v) is 19.9. The van der Waals surface area contributed by atoms with E-state index in [9.17, 15) is 14.4 Å². The molecule has 0 amide bonds. The lowest BCUT2D eigenvalue weighted by Gasteiger charge is -2.37. The zero-order valence-electron chi connectivity index (χ0n) is 31.7. The number of carbonyl (C=O) groups is 3. The molecule has 0 spiro atoms. The van der Waals surface area contributed by atoms with E-state index in [1.54, 1.807) is 0 Å². The molecule has 2 rings (SSSR count). The average Bonchev–Trinajstić information content (AvgIpc) is 3.44. The molecule has 2 aliphatic carbocycles. The highest BCUT2D eigenvalue weighted by molar-refractivity contribution is 5.70. The van der Waals surface area contributed by atoms with Gasteiger partial charge < -0.3 is 23.8 Å². The summed E-state index contributed by atoms with van der Waals surface area (Å²) in [5.41, 5.74) is -0.0178. The van der Waals surface area contributed by atoms with E-state index in [2.05, 4.69) is 56.9 Å². The molecule has 49 heavy (non-hydrogen) atoms. The van der Waals surface area contributed by atoms with Crippen LogP contribution in [0.5, 0.6) is 0 Å². The van der Waals surface area contributed by atoms with Crippen LogP contribution in [-0.4, -0.2) is 69.1 Å². The van der Waals surface area contributed by atoms with E-state index in [4.69, 9.17) is 18.9 Å². The summed E-state index contributed by atoms with van der Waals surface area (Å²) >= 11 is 0. The van der Waals surface area contributed by atoms with Gasteiger partial charge in [-0.05, 0) is 94.5 Å². The number of unbranched alkanes of at least 4 members (excludes halogenated alkanes) is 8. The summed E-state index contributed by atoms with van der Waals surface area (Å²) in [4.78, 5) is 40.0. The largest absolute Gasteiger partial charge is 0.508 e. The first-order valence-electron chi connectivity index (χ1n) is 19.9. The van der Waals surface area contributed by atoms with E-state index < -0.39 is 12.1 Å². The second kappa shape index (κ2) is 26.5. The fourth-order valence-corrected chi connectivity index (χ4v) is 7.50. The van der Waals surface area contributed by atoms with Crippen LogP contribution in [0.25, 0.3) is 0 Å². The Kier molecular flexibility index (Phi) is 23.1. The molecule has 8 nitrogen and oxygen atoms in total. The quantitative estimate of drug-likeness (QED) is 0.0347. The molecule has 2 bridgehead atoms. The van der Waals surface area contributed by atoms with Gasteiger partial charge in [0.1, 0.15) is 19.8 Å². The molecule has 0 saturated heterocycles. The van der Waals surface area contributed by atoms with Crippen LogP contribution < -0.4 is 0 Å². The maximum Gasteiger partial charge on any atom is 0.508 e. The summed E-state index contributed by atoms with van der Waals surface area (Å²) < 4.78 is 21.9. The molecule has 0 aromatic carbocycles. The van der Waals surface area contributed by atoms with E-state index >= 15 is 0 Å². The smallest absolute Gasteiger partial charge is 0.465 e. The molecule has 8 heteroatoms.